The van der Waals surface area contributed by atoms with Crippen LogP contribution in [0.4, 0.5) is 5.95 Å². The summed E-state index contributed by atoms with van der Waals surface area (Å²) in [6.45, 7) is 3.60. The molecule has 1 aliphatic rings. The van der Waals surface area contributed by atoms with Crippen LogP contribution >= 0.6 is 0 Å². The molecule has 6 nitrogen and oxygen atoms in total. The van der Waals surface area contributed by atoms with E-state index in [1.165, 1.54) is 0 Å². The van der Waals surface area contributed by atoms with Gasteiger partial charge in [-0.15, -0.1) is 0 Å². The molecule has 3 heterocycles. The summed E-state index contributed by atoms with van der Waals surface area (Å²) in [5.41, 5.74) is 4.07. The van der Waals surface area contributed by atoms with Gasteiger partial charge in [0.1, 0.15) is 0 Å². The van der Waals surface area contributed by atoms with Crippen LogP contribution in [0, 0.1) is 6.92 Å². The van der Waals surface area contributed by atoms with Gasteiger partial charge in [0, 0.05) is 31.5 Å². The Morgan fingerprint density at radius 3 is 2.96 bits per heavy atom. The van der Waals surface area contributed by atoms with Crippen molar-refractivity contribution in [3.63, 3.8) is 0 Å². The standard InChI is InChI=1S/C21H23N5O/c1-15-5-2-3-6-16(15)13-20(27)24-17-9-12-26(14-17)21-23-11-8-19(25-21)18-7-4-10-22-18/h2-8,10-11,17,22H,9,12-14H2,1H3,(H,24,27). The molecule has 0 radical (unpaired) electrons. The number of nitrogens with one attached hydrogen (secondary N) is 2. The summed E-state index contributed by atoms with van der Waals surface area (Å²) < 4.78 is 0. The lowest BCUT2D eigenvalue weighted by atomic mass is 10.1. The van der Waals surface area contributed by atoms with Gasteiger partial charge in [-0.1, -0.05) is 24.3 Å². The van der Waals surface area contributed by atoms with E-state index in [9.17, 15) is 4.79 Å². The molecule has 0 saturated carbocycles. The number of benzene rings is 1. The number of hydrogen-bond acceptors (Lipinski definition) is 4. The zero-order chi connectivity index (χ0) is 18.6. The van der Waals surface area contributed by atoms with Gasteiger partial charge >= 0.3 is 0 Å². The highest BCUT2D eigenvalue weighted by atomic mass is 16.1. The summed E-state index contributed by atoms with van der Waals surface area (Å²) in [4.78, 5) is 26.8. The van der Waals surface area contributed by atoms with Crippen LogP contribution in [0.5, 0.6) is 0 Å². The van der Waals surface area contributed by atoms with Gasteiger partial charge in [0.15, 0.2) is 0 Å². The van der Waals surface area contributed by atoms with Crippen LogP contribution in [0.1, 0.15) is 17.5 Å². The minimum Gasteiger partial charge on any atom is -0.360 e. The largest absolute Gasteiger partial charge is 0.360 e. The van der Waals surface area contributed by atoms with E-state index in [4.69, 9.17) is 0 Å². The number of H-pyrrole nitrogens is 1. The maximum atomic E-state index is 12.4. The van der Waals surface area contributed by atoms with Crippen LogP contribution in [0.15, 0.2) is 54.9 Å². The van der Waals surface area contributed by atoms with Gasteiger partial charge in [0.2, 0.25) is 11.9 Å². The molecule has 6 heteroatoms. The molecule has 1 atom stereocenters. The number of carbonyl (C=O) groups excluding carboxylic acids is 1. The molecule has 2 N–H and O–H groups in total. The third kappa shape index (κ3) is 4.00. The van der Waals surface area contributed by atoms with Crippen molar-refractivity contribution in [1.82, 2.24) is 20.3 Å². The van der Waals surface area contributed by atoms with Crippen LogP contribution in [-0.4, -0.2) is 40.0 Å². The summed E-state index contributed by atoms with van der Waals surface area (Å²) in [5.74, 6) is 0.773. The van der Waals surface area contributed by atoms with Gasteiger partial charge in [-0.05, 0) is 42.7 Å². The molecule has 2 aromatic heterocycles. The van der Waals surface area contributed by atoms with Crippen LogP contribution in [0.2, 0.25) is 0 Å². The number of aromatic amines is 1. The van der Waals surface area contributed by atoms with Crippen molar-refractivity contribution >= 4 is 11.9 Å². The number of anilines is 1. The highest BCUT2D eigenvalue weighted by Gasteiger charge is 2.26. The second kappa shape index (κ2) is 7.61. The fourth-order valence-corrected chi connectivity index (χ4v) is 3.46. The molecular formula is C21H23N5O. The number of nitrogens with zero attached hydrogens (tertiary/aromatic N) is 3. The number of aryl methyl sites for hydroxylation is 1. The number of aromatic nitrogens is 3. The Morgan fingerprint density at radius 1 is 1.26 bits per heavy atom. The maximum absolute atomic E-state index is 12.4. The van der Waals surface area contributed by atoms with Gasteiger partial charge in [-0.25, -0.2) is 9.97 Å². The van der Waals surface area contributed by atoms with E-state index < -0.39 is 0 Å². The Hall–Kier alpha value is -3.15. The van der Waals surface area contributed by atoms with Gasteiger partial charge in [0.05, 0.1) is 17.8 Å². The predicted molar refractivity (Wildman–Crippen MR) is 105 cm³/mol. The summed E-state index contributed by atoms with van der Waals surface area (Å²) in [7, 11) is 0. The zero-order valence-corrected chi connectivity index (χ0v) is 15.4. The lowest BCUT2D eigenvalue weighted by Gasteiger charge is -2.17. The van der Waals surface area contributed by atoms with Crippen molar-refractivity contribution in [2.75, 3.05) is 18.0 Å². The molecule has 0 bridgehead atoms. The smallest absolute Gasteiger partial charge is 0.225 e. The van der Waals surface area contributed by atoms with Gasteiger partial charge in [-0.2, -0.15) is 0 Å². The monoisotopic (exact) mass is 361 g/mol. The van der Waals surface area contributed by atoms with E-state index in [1.54, 1.807) is 6.20 Å². The van der Waals surface area contributed by atoms with E-state index in [-0.39, 0.29) is 11.9 Å². The van der Waals surface area contributed by atoms with Crippen LogP contribution < -0.4 is 10.2 Å². The molecule has 1 aliphatic heterocycles. The minimum absolute atomic E-state index is 0.0669. The molecule has 1 unspecified atom stereocenters. The zero-order valence-electron chi connectivity index (χ0n) is 15.4. The Morgan fingerprint density at radius 2 is 2.15 bits per heavy atom. The molecule has 1 saturated heterocycles. The number of rotatable bonds is 5. The SMILES string of the molecule is Cc1ccccc1CC(=O)NC1CCN(c2nccc(-c3ccc[nH]3)n2)C1. The second-order valence-corrected chi connectivity index (χ2v) is 6.93. The van der Waals surface area contributed by atoms with Crippen molar-refractivity contribution in [3.05, 3.63) is 66.0 Å². The van der Waals surface area contributed by atoms with Gasteiger partial charge in [0.25, 0.3) is 0 Å². The first-order valence-electron chi connectivity index (χ1n) is 9.24. The Bertz CT molecular complexity index is 922. The fourth-order valence-electron chi connectivity index (χ4n) is 3.46. The summed E-state index contributed by atoms with van der Waals surface area (Å²) in [6, 6.07) is 14.0. The van der Waals surface area contributed by atoms with Gasteiger partial charge < -0.3 is 15.2 Å². The molecule has 1 amide bonds. The van der Waals surface area contributed by atoms with Crippen LogP contribution in [-0.2, 0) is 11.2 Å². The summed E-state index contributed by atoms with van der Waals surface area (Å²) in [6.07, 6.45) is 4.98. The molecule has 0 spiro atoms. The maximum Gasteiger partial charge on any atom is 0.225 e. The minimum atomic E-state index is 0.0669. The van der Waals surface area contributed by atoms with Gasteiger partial charge in [-0.3, -0.25) is 4.79 Å². The highest BCUT2D eigenvalue weighted by molar-refractivity contribution is 5.79. The first-order valence-corrected chi connectivity index (χ1v) is 9.24. The average Bonchev–Trinajstić information content (AvgIpc) is 3.36. The Labute approximate surface area is 158 Å². The second-order valence-electron chi connectivity index (χ2n) is 6.93. The molecule has 1 fully saturated rings. The van der Waals surface area contributed by atoms with E-state index in [0.29, 0.717) is 12.4 Å². The lowest BCUT2D eigenvalue weighted by Crippen LogP contribution is -2.38. The van der Waals surface area contributed by atoms with Crippen molar-refractivity contribution in [1.29, 1.82) is 0 Å². The third-order valence-electron chi connectivity index (χ3n) is 4.97. The number of hydrogen-bond donors (Lipinski definition) is 2. The Balaban J connectivity index is 1.37. The topological polar surface area (TPSA) is 73.9 Å². The van der Waals surface area contributed by atoms with Crippen molar-refractivity contribution in [2.24, 2.45) is 0 Å². The van der Waals surface area contributed by atoms with Crippen molar-refractivity contribution < 1.29 is 4.79 Å². The molecule has 27 heavy (non-hydrogen) atoms. The summed E-state index contributed by atoms with van der Waals surface area (Å²) >= 11 is 0. The lowest BCUT2D eigenvalue weighted by molar-refractivity contribution is -0.121. The van der Waals surface area contributed by atoms with Crippen molar-refractivity contribution in [2.45, 2.75) is 25.8 Å². The van der Waals surface area contributed by atoms with Crippen molar-refractivity contribution in [3.8, 4) is 11.4 Å². The molecule has 138 valence electrons. The molecular weight excluding hydrogens is 338 g/mol. The number of amides is 1. The molecule has 0 aliphatic carbocycles. The first-order chi connectivity index (χ1) is 13.2. The Kier molecular flexibility index (Phi) is 4.87. The van der Waals surface area contributed by atoms with E-state index in [1.807, 2.05) is 55.6 Å². The average molecular weight is 361 g/mol. The predicted octanol–water partition coefficient (Wildman–Crippen LogP) is 2.72. The summed E-state index contributed by atoms with van der Waals surface area (Å²) in [5, 5.41) is 3.15. The quantitative estimate of drug-likeness (QED) is 0.733. The van der Waals surface area contributed by atoms with E-state index >= 15 is 0 Å². The van der Waals surface area contributed by atoms with Crippen LogP contribution in [0.25, 0.3) is 11.4 Å². The van der Waals surface area contributed by atoms with E-state index in [2.05, 4.69) is 25.2 Å². The number of carbonyl (C=O) groups is 1. The fraction of sp³-hybridized carbons (Fsp3) is 0.286. The normalized spacial score (nSPS) is 16.5. The van der Waals surface area contributed by atoms with E-state index in [0.717, 1.165) is 42.0 Å². The highest BCUT2D eigenvalue weighted by Crippen LogP contribution is 2.20. The third-order valence-corrected chi connectivity index (χ3v) is 4.97. The first kappa shape index (κ1) is 17.3. The molecule has 3 aromatic rings. The molecule has 1 aromatic carbocycles. The van der Waals surface area contributed by atoms with Crippen LogP contribution in [0.3, 0.4) is 0 Å². The molecule has 4 rings (SSSR count).